The molecule has 0 atom stereocenters. The number of halogens is 1. The van der Waals surface area contributed by atoms with E-state index in [1.54, 1.807) is 11.3 Å². The number of rotatable bonds is 4. The molecule has 0 saturated carbocycles. The molecule has 0 radical (unpaired) electrons. The number of nitrogens with zero attached hydrogens (tertiary/aromatic N) is 1. The highest BCUT2D eigenvalue weighted by molar-refractivity contribution is 7.22. The van der Waals surface area contributed by atoms with Crippen LogP contribution < -0.4 is 0 Å². The molecule has 0 aliphatic rings. The Bertz CT molecular complexity index is 725. The number of benzene rings is 1. The van der Waals surface area contributed by atoms with Crippen molar-refractivity contribution < 1.29 is 0 Å². The lowest BCUT2D eigenvalue weighted by molar-refractivity contribution is 0.365. The molecule has 0 saturated heterocycles. The summed E-state index contributed by atoms with van der Waals surface area (Å²) in [6.07, 6.45) is 4.04. The Morgan fingerprint density at radius 2 is 2.00 bits per heavy atom. The normalized spacial score (nSPS) is 12.1. The van der Waals surface area contributed by atoms with E-state index in [2.05, 4.69) is 74.9 Å². The number of allylic oxidation sites excluding steroid dienone is 1. The highest BCUT2D eigenvalue weighted by Crippen LogP contribution is 2.35. The summed E-state index contributed by atoms with van der Waals surface area (Å²) in [5, 5.41) is 1.26. The van der Waals surface area contributed by atoms with Gasteiger partial charge in [0.15, 0.2) is 0 Å². The zero-order chi connectivity index (χ0) is 16.2. The fraction of sp³-hybridized carbons (Fsp3) is 0.368. The molecule has 1 heterocycles. The van der Waals surface area contributed by atoms with Crippen molar-refractivity contribution in [3.8, 4) is 11.8 Å². The molecule has 0 bridgehead atoms. The van der Waals surface area contributed by atoms with Crippen LogP contribution in [0, 0.1) is 17.3 Å². The fourth-order valence-electron chi connectivity index (χ4n) is 2.10. The van der Waals surface area contributed by atoms with E-state index in [0.717, 1.165) is 17.4 Å². The molecule has 2 aromatic rings. The Labute approximate surface area is 142 Å². The van der Waals surface area contributed by atoms with Gasteiger partial charge < -0.3 is 0 Å². The van der Waals surface area contributed by atoms with Crippen LogP contribution in [0.4, 0.5) is 0 Å². The molecule has 0 N–H and O–H groups in total. The van der Waals surface area contributed by atoms with Gasteiger partial charge in [-0.05, 0) is 45.3 Å². The highest BCUT2D eigenvalue weighted by atomic mass is 35.5. The summed E-state index contributed by atoms with van der Waals surface area (Å²) in [5.74, 6) is 6.30. The van der Waals surface area contributed by atoms with E-state index < -0.39 is 0 Å². The molecule has 0 aliphatic carbocycles. The largest absolute Gasteiger partial charge is 0.298 e. The van der Waals surface area contributed by atoms with Gasteiger partial charge in [-0.25, -0.2) is 0 Å². The van der Waals surface area contributed by atoms with E-state index >= 15 is 0 Å². The first-order valence-electron chi connectivity index (χ1n) is 7.39. The SMILES string of the molecule is CN(C/C=C/C#CC(C)(C)C)Cc1c(Cl)sc2ccccc12. The molecule has 0 aliphatic heterocycles. The lowest BCUT2D eigenvalue weighted by Crippen LogP contribution is -2.17. The van der Waals surface area contributed by atoms with Crippen LogP contribution in [-0.2, 0) is 6.54 Å². The van der Waals surface area contributed by atoms with Crippen LogP contribution in [0.2, 0.25) is 4.34 Å². The van der Waals surface area contributed by atoms with Crippen LogP contribution in [0.25, 0.3) is 10.1 Å². The average molecular weight is 332 g/mol. The summed E-state index contributed by atoms with van der Waals surface area (Å²) in [6, 6.07) is 8.39. The van der Waals surface area contributed by atoms with Gasteiger partial charge in [-0.2, -0.15) is 0 Å². The third kappa shape index (κ3) is 4.88. The zero-order valence-corrected chi connectivity index (χ0v) is 15.2. The minimum atomic E-state index is 0.0549. The molecule has 0 spiro atoms. The van der Waals surface area contributed by atoms with Crippen LogP contribution >= 0.6 is 22.9 Å². The third-order valence-electron chi connectivity index (χ3n) is 3.14. The summed E-state index contributed by atoms with van der Waals surface area (Å²) in [4.78, 5) is 2.25. The average Bonchev–Trinajstić information content (AvgIpc) is 2.74. The molecule has 3 heteroatoms. The van der Waals surface area contributed by atoms with Gasteiger partial charge in [-0.1, -0.05) is 47.7 Å². The number of fused-ring (bicyclic) bond motifs is 1. The second-order valence-corrected chi connectivity index (χ2v) is 8.12. The molecule has 0 fully saturated rings. The maximum Gasteiger partial charge on any atom is 0.0985 e. The number of hydrogen-bond acceptors (Lipinski definition) is 2. The molecular formula is C19H22ClNS. The van der Waals surface area contributed by atoms with Gasteiger partial charge in [0.2, 0.25) is 0 Å². The molecule has 0 amide bonds. The Kier molecular flexibility index (Phi) is 5.69. The van der Waals surface area contributed by atoms with Crippen molar-refractivity contribution in [1.29, 1.82) is 0 Å². The van der Waals surface area contributed by atoms with E-state index in [0.29, 0.717) is 0 Å². The predicted octanol–water partition coefficient (Wildman–Crippen LogP) is 5.59. The lowest BCUT2D eigenvalue weighted by atomic mass is 9.98. The van der Waals surface area contributed by atoms with Gasteiger partial charge in [-0.3, -0.25) is 4.90 Å². The van der Waals surface area contributed by atoms with Gasteiger partial charge in [0.25, 0.3) is 0 Å². The minimum Gasteiger partial charge on any atom is -0.298 e. The molecule has 1 aromatic heterocycles. The Morgan fingerprint density at radius 1 is 1.27 bits per heavy atom. The monoisotopic (exact) mass is 331 g/mol. The molecule has 1 aromatic carbocycles. The maximum absolute atomic E-state index is 6.40. The Morgan fingerprint density at radius 3 is 2.73 bits per heavy atom. The molecule has 2 rings (SSSR count). The van der Waals surface area contributed by atoms with Crippen molar-refractivity contribution in [2.24, 2.45) is 5.41 Å². The first kappa shape index (κ1) is 17.1. The quantitative estimate of drug-likeness (QED) is 0.660. The summed E-state index contributed by atoms with van der Waals surface area (Å²) in [5.41, 5.74) is 1.28. The van der Waals surface area contributed by atoms with Gasteiger partial charge in [0.05, 0.1) is 4.34 Å². The third-order valence-corrected chi connectivity index (χ3v) is 4.60. The van der Waals surface area contributed by atoms with Gasteiger partial charge in [0.1, 0.15) is 0 Å². The van der Waals surface area contributed by atoms with Crippen molar-refractivity contribution in [2.45, 2.75) is 27.3 Å². The predicted molar refractivity (Wildman–Crippen MR) is 99.5 cm³/mol. The van der Waals surface area contributed by atoms with E-state index in [-0.39, 0.29) is 5.41 Å². The molecule has 0 unspecified atom stereocenters. The van der Waals surface area contributed by atoms with Crippen LogP contribution in [0.5, 0.6) is 0 Å². The standard InChI is InChI=1S/C19H22ClNS/c1-19(2,3)12-8-5-9-13-21(4)14-16-15-10-6-7-11-17(15)22-18(16)20/h5-7,9-11H,13-14H2,1-4H3/b9-5+. The van der Waals surface area contributed by atoms with Gasteiger partial charge in [0, 0.05) is 28.8 Å². The minimum absolute atomic E-state index is 0.0549. The van der Waals surface area contributed by atoms with Gasteiger partial charge >= 0.3 is 0 Å². The summed E-state index contributed by atoms with van der Waals surface area (Å²) < 4.78 is 2.15. The lowest BCUT2D eigenvalue weighted by Gasteiger charge is -2.14. The Hall–Kier alpha value is -1.27. The Balaban J connectivity index is 1.99. The molecule has 1 nitrogen and oxygen atoms in total. The maximum atomic E-state index is 6.40. The first-order valence-corrected chi connectivity index (χ1v) is 8.58. The molecule has 116 valence electrons. The van der Waals surface area contributed by atoms with Crippen molar-refractivity contribution in [3.05, 3.63) is 46.3 Å². The summed E-state index contributed by atoms with van der Waals surface area (Å²) in [6.45, 7) is 8.05. The summed E-state index contributed by atoms with van der Waals surface area (Å²) in [7, 11) is 2.10. The van der Waals surface area contributed by atoms with Crippen LogP contribution in [-0.4, -0.2) is 18.5 Å². The second kappa shape index (κ2) is 7.33. The molecule has 22 heavy (non-hydrogen) atoms. The first-order chi connectivity index (χ1) is 10.4. The van der Waals surface area contributed by atoms with Crippen molar-refractivity contribution in [3.63, 3.8) is 0 Å². The zero-order valence-electron chi connectivity index (χ0n) is 13.6. The fourth-order valence-corrected chi connectivity index (χ4v) is 3.45. The van der Waals surface area contributed by atoms with E-state index in [4.69, 9.17) is 11.6 Å². The molecular weight excluding hydrogens is 310 g/mol. The summed E-state index contributed by atoms with van der Waals surface area (Å²) >= 11 is 8.05. The van der Waals surface area contributed by atoms with E-state index in [1.165, 1.54) is 15.6 Å². The van der Waals surface area contributed by atoms with Crippen LogP contribution in [0.15, 0.2) is 36.4 Å². The number of hydrogen-bond donors (Lipinski definition) is 0. The highest BCUT2D eigenvalue weighted by Gasteiger charge is 2.11. The topological polar surface area (TPSA) is 3.24 Å². The van der Waals surface area contributed by atoms with Crippen LogP contribution in [0.1, 0.15) is 26.3 Å². The van der Waals surface area contributed by atoms with Crippen molar-refractivity contribution in [1.82, 2.24) is 4.90 Å². The van der Waals surface area contributed by atoms with Crippen molar-refractivity contribution in [2.75, 3.05) is 13.6 Å². The number of likely N-dealkylation sites (N-methyl/N-ethyl adjacent to an activating group) is 1. The number of thiophene rings is 1. The smallest absolute Gasteiger partial charge is 0.0985 e. The van der Waals surface area contributed by atoms with E-state index in [9.17, 15) is 0 Å². The van der Waals surface area contributed by atoms with Crippen molar-refractivity contribution >= 4 is 33.0 Å². The van der Waals surface area contributed by atoms with E-state index in [1.807, 2.05) is 6.08 Å². The van der Waals surface area contributed by atoms with Crippen LogP contribution in [0.3, 0.4) is 0 Å². The second-order valence-electron chi connectivity index (χ2n) is 6.47. The van der Waals surface area contributed by atoms with Gasteiger partial charge in [-0.15, -0.1) is 11.3 Å².